The maximum Gasteiger partial charge on any atom is 0.573 e. The number of rotatable bonds is 7. The molecule has 4 rings (SSSR count). The van der Waals surface area contributed by atoms with Gasteiger partial charge in [0.2, 0.25) is 0 Å². The Morgan fingerprint density at radius 3 is 2.42 bits per heavy atom. The number of anilines is 1. The van der Waals surface area contributed by atoms with Crippen molar-refractivity contribution in [1.82, 2.24) is 4.98 Å². The third-order valence-corrected chi connectivity index (χ3v) is 5.34. The van der Waals surface area contributed by atoms with Crippen LogP contribution >= 0.6 is 0 Å². The van der Waals surface area contributed by atoms with Crippen molar-refractivity contribution >= 4 is 23.1 Å². The van der Waals surface area contributed by atoms with Crippen LogP contribution in [0, 0.1) is 0 Å². The van der Waals surface area contributed by atoms with Crippen LogP contribution in [-0.2, 0) is 9.59 Å². The lowest BCUT2D eigenvalue weighted by Gasteiger charge is -2.25. The molecule has 1 aromatic heterocycles. The van der Waals surface area contributed by atoms with Gasteiger partial charge in [0, 0.05) is 23.5 Å². The molecule has 10 heteroatoms. The molecule has 1 aliphatic heterocycles. The molecule has 1 unspecified atom stereocenters. The number of nitrogens with zero attached hydrogens (tertiary/aromatic N) is 2. The number of hydrogen-bond acceptors (Lipinski definition) is 6. The highest BCUT2D eigenvalue weighted by atomic mass is 19.4. The van der Waals surface area contributed by atoms with Gasteiger partial charge in [-0.25, -0.2) is 0 Å². The number of amides is 1. The molecular weight excluding hydrogens is 477 g/mol. The fourth-order valence-corrected chi connectivity index (χ4v) is 3.83. The normalized spacial score (nSPS) is 17.3. The van der Waals surface area contributed by atoms with Crippen LogP contribution in [0.3, 0.4) is 0 Å². The standard InChI is InChI=1S/C26H21F3N2O5/c1-2-14-35-18-11-9-16(10-12-18)23(32)21-22(20-8-3-4-13-30-20)31(25(34)24(21)33)17-6-5-7-19(15-17)36-26(27,28)29/h3-13,15,22,32H,2,14H2,1H3/b23-21+. The highest BCUT2D eigenvalue weighted by Crippen LogP contribution is 2.42. The number of aliphatic hydroxyl groups is 1. The lowest BCUT2D eigenvalue weighted by Crippen LogP contribution is -2.30. The predicted molar refractivity (Wildman–Crippen MR) is 124 cm³/mol. The molecule has 3 aromatic rings. The van der Waals surface area contributed by atoms with Crippen molar-refractivity contribution in [2.45, 2.75) is 25.7 Å². The van der Waals surface area contributed by atoms with Crippen LogP contribution in [0.5, 0.6) is 11.5 Å². The van der Waals surface area contributed by atoms with Crippen molar-refractivity contribution in [2.75, 3.05) is 11.5 Å². The van der Waals surface area contributed by atoms with E-state index in [0.717, 1.165) is 23.5 Å². The summed E-state index contributed by atoms with van der Waals surface area (Å²) in [5.41, 5.74) is 0.218. The van der Waals surface area contributed by atoms with E-state index in [1.807, 2.05) is 6.92 Å². The van der Waals surface area contributed by atoms with E-state index in [2.05, 4.69) is 9.72 Å². The molecule has 1 atom stereocenters. The van der Waals surface area contributed by atoms with Gasteiger partial charge in [0.05, 0.1) is 17.9 Å². The van der Waals surface area contributed by atoms with E-state index in [-0.39, 0.29) is 22.5 Å². The van der Waals surface area contributed by atoms with Crippen molar-refractivity contribution in [3.8, 4) is 11.5 Å². The number of aromatic nitrogens is 1. The predicted octanol–water partition coefficient (Wildman–Crippen LogP) is 5.40. The summed E-state index contributed by atoms with van der Waals surface area (Å²) in [7, 11) is 0. The lowest BCUT2D eigenvalue weighted by atomic mass is 9.98. The number of pyridine rings is 1. The summed E-state index contributed by atoms with van der Waals surface area (Å²) in [6.07, 6.45) is -2.69. The first-order valence-corrected chi connectivity index (χ1v) is 11.0. The molecule has 7 nitrogen and oxygen atoms in total. The Morgan fingerprint density at radius 2 is 1.78 bits per heavy atom. The molecule has 0 spiro atoms. The Hall–Kier alpha value is -4.34. The maximum absolute atomic E-state index is 13.1. The van der Waals surface area contributed by atoms with Crippen LogP contribution in [-0.4, -0.2) is 34.8 Å². The second kappa shape index (κ2) is 10.1. The Kier molecular flexibility index (Phi) is 6.96. The van der Waals surface area contributed by atoms with Gasteiger partial charge in [-0.1, -0.05) is 19.1 Å². The molecule has 1 N–H and O–H groups in total. The first-order valence-electron chi connectivity index (χ1n) is 11.0. The number of halogens is 3. The fourth-order valence-electron chi connectivity index (χ4n) is 3.83. The van der Waals surface area contributed by atoms with Crippen LogP contribution in [0.2, 0.25) is 0 Å². The minimum Gasteiger partial charge on any atom is -0.507 e. The minimum absolute atomic E-state index is 0.0307. The quantitative estimate of drug-likeness (QED) is 0.267. The maximum atomic E-state index is 13.1. The van der Waals surface area contributed by atoms with Gasteiger partial charge in [0.15, 0.2) is 0 Å². The topological polar surface area (TPSA) is 89.0 Å². The van der Waals surface area contributed by atoms with Crippen LogP contribution in [0.4, 0.5) is 18.9 Å². The van der Waals surface area contributed by atoms with Gasteiger partial charge < -0.3 is 14.6 Å². The zero-order chi connectivity index (χ0) is 25.9. The molecule has 0 bridgehead atoms. The molecule has 2 aromatic carbocycles. The number of hydrogen-bond donors (Lipinski definition) is 1. The molecule has 186 valence electrons. The Labute approximate surface area is 204 Å². The van der Waals surface area contributed by atoms with Crippen LogP contribution in [0.25, 0.3) is 5.76 Å². The summed E-state index contributed by atoms with van der Waals surface area (Å²) in [6, 6.07) is 14.6. The number of carbonyl (C=O) groups is 2. The van der Waals surface area contributed by atoms with E-state index in [9.17, 15) is 27.9 Å². The third kappa shape index (κ3) is 5.17. The van der Waals surface area contributed by atoms with E-state index < -0.39 is 35.6 Å². The smallest absolute Gasteiger partial charge is 0.507 e. The molecule has 0 aliphatic carbocycles. The number of ketones is 1. The molecule has 2 heterocycles. The van der Waals surface area contributed by atoms with Crippen molar-refractivity contribution in [3.05, 3.63) is 89.8 Å². The largest absolute Gasteiger partial charge is 0.573 e. The molecule has 36 heavy (non-hydrogen) atoms. The van der Waals surface area contributed by atoms with E-state index in [4.69, 9.17) is 4.74 Å². The highest BCUT2D eigenvalue weighted by Gasteiger charge is 2.47. The molecule has 0 radical (unpaired) electrons. The van der Waals surface area contributed by atoms with Crippen molar-refractivity contribution in [3.63, 3.8) is 0 Å². The fraction of sp³-hybridized carbons (Fsp3) is 0.192. The summed E-state index contributed by atoms with van der Waals surface area (Å²) >= 11 is 0. The van der Waals surface area contributed by atoms with Crippen LogP contribution < -0.4 is 14.4 Å². The molecular formula is C26H21F3N2O5. The Balaban J connectivity index is 1.81. The molecule has 1 aliphatic rings. The van der Waals surface area contributed by atoms with Crippen molar-refractivity contribution in [1.29, 1.82) is 0 Å². The van der Waals surface area contributed by atoms with Gasteiger partial charge in [-0.2, -0.15) is 0 Å². The first-order chi connectivity index (χ1) is 17.2. The second-order valence-corrected chi connectivity index (χ2v) is 7.84. The van der Waals surface area contributed by atoms with Crippen LogP contribution in [0.1, 0.15) is 30.6 Å². The number of alkyl halides is 3. The number of Topliss-reactive ketones (excluding diaryl/α,β-unsaturated/α-hetero) is 1. The van der Waals surface area contributed by atoms with Gasteiger partial charge in [0.1, 0.15) is 23.3 Å². The molecule has 1 saturated heterocycles. The summed E-state index contributed by atoms with van der Waals surface area (Å²) in [5, 5.41) is 11.1. The van der Waals surface area contributed by atoms with Crippen molar-refractivity contribution in [2.24, 2.45) is 0 Å². The summed E-state index contributed by atoms with van der Waals surface area (Å²) in [5.74, 6) is -2.48. The number of aliphatic hydroxyl groups excluding tert-OH is 1. The van der Waals surface area contributed by atoms with Gasteiger partial charge in [-0.05, 0) is 55.0 Å². The van der Waals surface area contributed by atoms with Gasteiger partial charge >= 0.3 is 6.36 Å². The zero-order valence-electron chi connectivity index (χ0n) is 19.0. The van der Waals surface area contributed by atoms with E-state index in [1.54, 1.807) is 42.5 Å². The average molecular weight is 498 g/mol. The number of carbonyl (C=O) groups excluding carboxylic acids is 2. The second-order valence-electron chi connectivity index (χ2n) is 7.84. The lowest BCUT2D eigenvalue weighted by molar-refractivity contribution is -0.274. The van der Waals surface area contributed by atoms with Crippen molar-refractivity contribution < 1.29 is 37.3 Å². The SMILES string of the molecule is CCCOc1ccc(/C(O)=C2\C(=O)C(=O)N(c3cccc(OC(F)(F)F)c3)C2c2ccccn2)cc1. The van der Waals surface area contributed by atoms with E-state index >= 15 is 0 Å². The van der Waals surface area contributed by atoms with E-state index in [1.165, 1.54) is 18.3 Å². The van der Waals surface area contributed by atoms with Gasteiger partial charge in [0.25, 0.3) is 11.7 Å². The Morgan fingerprint density at radius 1 is 1.03 bits per heavy atom. The minimum atomic E-state index is -4.94. The zero-order valence-corrected chi connectivity index (χ0v) is 19.0. The molecule has 1 amide bonds. The first kappa shape index (κ1) is 24.8. The highest BCUT2D eigenvalue weighted by molar-refractivity contribution is 6.51. The van der Waals surface area contributed by atoms with Gasteiger partial charge in [-0.15, -0.1) is 13.2 Å². The summed E-state index contributed by atoms with van der Waals surface area (Å²) in [6.45, 7) is 2.47. The monoisotopic (exact) mass is 498 g/mol. The van der Waals surface area contributed by atoms with Gasteiger partial charge in [-0.3, -0.25) is 19.5 Å². The summed E-state index contributed by atoms with van der Waals surface area (Å²) in [4.78, 5) is 31.5. The third-order valence-electron chi connectivity index (χ3n) is 5.34. The molecule has 1 fully saturated rings. The van der Waals surface area contributed by atoms with Crippen LogP contribution in [0.15, 0.2) is 78.5 Å². The summed E-state index contributed by atoms with van der Waals surface area (Å²) < 4.78 is 47.8. The van der Waals surface area contributed by atoms with E-state index in [0.29, 0.717) is 12.4 Å². The number of benzene rings is 2. The molecule has 0 saturated carbocycles. The number of ether oxygens (including phenoxy) is 2. The Bertz CT molecular complexity index is 1290. The average Bonchev–Trinajstić information content (AvgIpc) is 3.12.